The molecule has 1 aliphatic rings. The zero-order valence-electron chi connectivity index (χ0n) is 10.9. The highest BCUT2D eigenvalue weighted by molar-refractivity contribution is 5.66. The minimum Gasteiger partial charge on any atom is -0.481 e. The van der Waals surface area contributed by atoms with E-state index in [1.807, 2.05) is 13.8 Å². The Morgan fingerprint density at radius 3 is 2.76 bits per heavy atom. The van der Waals surface area contributed by atoms with Gasteiger partial charge in [0.15, 0.2) is 0 Å². The standard InChI is InChI=1S/C13H25NO3/c1-10(9-15)7-14-5-3-4-12(8-14)11(2)6-13(16)17/h10-12,15H,3-9H2,1-2H3,(H,16,17). The number of carboxylic acid groups (broad SMARTS) is 1. The van der Waals surface area contributed by atoms with Crippen molar-refractivity contribution in [2.45, 2.75) is 33.1 Å². The van der Waals surface area contributed by atoms with E-state index in [0.29, 0.717) is 11.8 Å². The van der Waals surface area contributed by atoms with Crippen molar-refractivity contribution in [2.75, 3.05) is 26.2 Å². The van der Waals surface area contributed by atoms with Crippen LogP contribution >= 0.6 is 0 Å². The molecule has 0 radical (unpaired) electrons. The fourth-order valence-corrected chi connectivity index (χ4v) is 2.66. The van der Waals surface area contributed by atoms with Crippen molar-refractivity contribution in [3.63, 3.8) is 0 Å². The summed E-state index contributed by atoms with van der Waals surface area (Å²) >= 11 is 0. The van der Waals surface area contributed by atoms with E-state index in [9.17, 15) is 4.79 Å². The van der Waals surface area contributed by atoms with Crippen molar-refractivity contribution in [1.82, 2.24) is 4.90 Å². The van der Waals surface area contributed by atoms with Crippen molar-refractivity contribution in [3.05, 3.63) is 0 Å². The molecule has 1 fully saturated rings. The molecule has 1 rings (SSSR count). The van der Waals surface area contributed by atoms with E-state index >= 15 is 0 Å². The van der Waals surface area contributed by atoms with E-state index in [1.165, 1.54) is 0 Å². The van der Waals surface area contributed by atoms with Crippen LogP contribution in [0.4, 0.5) is 0 Å². The summed E-state index contributed by atoms with van der Waals surface area (Å²) in [5.41, 5.74) is 0. The maximum Gasteiger partial charge on any atom is 0.303 e. The number of rotatable bonds is 6. The van der Waals surface area contributed by atoms with E-state index in [-0.39, 0.29) is 18.9 Å². The molecular weight excluding hydrogens is 218 g/mol. The van der Waals surface area contributed by atoms with Gasteiger partial charge in [-0.25, -0.2) is 0 Å². The minimum atomic E-state index is -0.696. The first kappa shape index (κ1) is 14.5. The second-order valence-corrected chi connectivity index (χ2v) is 5.52. The van der Waals surface area contributed by atoms with Crippen LogP contribution in [0.1, 0.15) is 33.1 Å². The average Bonchev–Trinajstić information content (AvgIpc) is 2.28. The fourth-order valence-electron chi connectivity index (χ4n) is 2.66. The number of likely N-dealkylation sites (tertiary alicyclic amines) is 1. The molecule has 2 N–H and O–H groups in total. The lowest BCUT2D eigenvalue weighted by atomic mass is 9.84. The molecule has 17 heavy (non-hydrogen) atoms. The van der Waals surface area contributed by atoms with E-state index < -0.39 is 5.97 Å². The maximum atomic E-state index is 10.7. The molecule has 1 saturated heterocycles. The summed E-state index contributed by atoms with van der Waals surface area (Å²) in [6.07, 6.45) is 2.55. The van der Waals surface area contributed by atoms with E-state index in [0.717, 1.165) is 32.5 Å². The third kappa shape index (κ3) is 5.04. The van der Waals surface area contributed by atoms with Gasteiger partial charge in [-0.1, -0.05) is 13.8 Å². The third-order valence-electron chi connectivity index (χ3n) is 3.72. The summed E-state index contributed by atoms with van der Waals surface area (Å²) < 4.78 is 0. The molecule has 0 aromatic rings. The van der Waals surface area contributed by atoms with Crippen LogP contribution in [0.2, 0.25) is 0 Å². The van der Waals surface area contributed by atoms with Crippen LogP contribution in [0.25, 0.3) is 0 Å². The number of aliphatic carboxylic acids is 1. The molecule has 0 aromatic heterocycles. The lowest BCUT2D eigenvalue weighted by Gasteiger charge is -2.36. The van der Waals surface area contributed by atoms with Gasteiger partial charge in [0.1, 0.15) is 0 Å². The third-order valence-corrected chi connectivity index (χ3v) is 3.72. The molecule has 4 heteroatoms. The summed E-state index contributed by atoms with van der Waals surface area (Å²) in [4.78, 5) is 13.1. The van der Waals surface area contributed by atoms with E-state index in [1.54, 1.807) is 0 Å². The number of carbonyl (C=O) groups is 1. The highest BCUT2D eigenvalue weighted by atomic mass is 16.4. The molecule has 0 aromatic carbocycles. The van der Waals surface area contributed by atoms with Gasteiger partial charge in [-0.3, -0.25) is 4.79 Å². The molecule has 3 unspecified atom stereocenters. The Morgan fingerprint density at radius 1 is 1.47 bits per heavy atom. The van der Waals surface area contributed by atoms with Gasteiger partial charge in [-0.2, -0.15) is 0 Å². The van der Waals surface area contributed by atoms with Crippen molar-refractivity contribution in [1.29, 1.82) is 0 Å². The summed E-state index contributed by atoms with van der Waals surface area (Å²) in [5, 5.41) is 17.9. The van der Waals surface area contributed by atoms with Gasteiger partial charge in [0, 0.05) is 26.1 Å². The first-order valence-corrected chi connectivity index (χ1v) is 6.58. The largest absolute Gasteiger partial charge is 0.481 e. The predicted molar refractivity (Wildman–Crippen MR) is 66.8 cm³/mol. The van der Waals surface area contributed by atoms with Gasteiger partial charge in [0.05, 0.1) is 0 Å². The molecule has 100 valence electrons. The molecule has 1 aliphatic heterocycles. The average molecular weight is 243 g/mol. The van der Waals surface area contributed by atoms with Gasteiger partial charge < -0.3 is 15.1 Å². The number of piperidine rings is 1. The molecule has 0 aliphatic carbocycles. The van der Waals surface area contributed by atoms with Crippen LogP contribution in [0.5, 0.6) is 0 Å². The highest BCUT2D eigenvalue weighted by Crippen LogP contribution is 2.26. The Labute approximate surface area is 104 Å². The van der Waals surface area contributed by atoms with Crippen LogP contribution in [0.15, 0.2) is 0 Å². The van der Waals surface area contributed by atoms with Crippen LogP contribution in [0, 0.1) is 17.8 Å². The molecule has 0 saturated carbocycles. The first-order chi connectivity index (χ1) is 8.02. The van der Waals surface area contributed by atoms with Crippen molar-refractivity contribution in [3.8, 4) is 0 Å². The van der Waals surface area contributed by atoms with Gasteiger partial charge in [-0.15, -0.1) is 0 Å². The Hall–Kier alpha value is -0.610. The number of hydrogen-bond acceptors (Lipinski definition) is 3. The number of nitrogens with zero attached hydrogens (tertiary/aromatic N) is 1. The quantitative estimate of drug-likeness (QED) is 0.741. The zero-order chi connectivity index (χ0) is 12.8. The van der Waals surface area contributed by atoms with Gasteiger partial charge >= 0.3 is 5.97 Å². The van der Waals surface area contributed by atoms with Crippen molar-refractivity contribution < 1.29 is 15.0 Å². The Kier molecular flexibility index (Phi) is 5.92. The number of aliphatic hydroxyl groups is 1. The maximum absolute atomic E-state index is 10.7. The van der Waals surface area contributed by atoms with Gasteiger partial charge in [-0.05, 0) is 37.1 Å². The summed E-state index contributed by atoms with van der Waals surface area (Å²) in [7, 11) is 0. The normalized spacial score (nSPS) is 25.5. The second kappa shape index (κ2) is 6.97. The van der Waals surface area contributed by atoms with E-state index in [4.69, 9.17) is 10.2 Å². The fraction of sp³-hybridized carbons (Fsp3) is 0.923. The summed E-state index contributed by atoms with van der Waals surface area (Å²) in [6, 6.07) is 0. The van der Waals surface area contributed by atoms with Gasteiger partial charge in [0.2, 0.25) is 0 Å². The zero-order valence-corrected chi connectivity index (χ0v) is 10.9. The smallest absolute Gasteiger partial charge is 0.303 e. The molecule has 3 atom stereocenters. The Balaban J connectivity index is 2.40. The van der Waals surface area contributed by atoms with Gasteiger partial charge in [0.25, 0.3) is 0 Å². The van der Waals surface area contributed by atoms with Crippen LogP contribution in [0.3, 0.4) is 0 Å². The monoisotopic (exact) mass is 243 g/mol. The van der Waals surface area contributed by atoms with Crippen molar-refractivity contribution >= 4 is 5.97 Å². The molecule has 4 nitrogen and oxygen atoms in total. The second-order valence-electron chi connectivity index (χ2n) is 5.52. The molecule has 1 heterocycles. The van der Waals surface area contributed by atoms with E-state index in [2.05, 4.69) is 4.90 Å². The number of hydrogen-bond donors (Lipinski definition) is 2. The van der Waals surface area contributed by atoms with Crippen molar-refractivity contribution in [2.24, 2.45) is 17.8 Å². The minimum absolute atomic E-state index is 0.228. The summed E-state index contributed by atoms with van der Waals surface area (Å²) in [6.45, 7) is 7.31. The molecule has 0 amide bonds. The number of carboxylic acids is 1. The molecule has 0 spiro atoms. The van der Waals surface area contributed by atoms with Crippen LogP contribution in [-0.2, 0) is 4.79 Å². The molecule has 0 bridgehead atoms. The van der Waals surface area contributed by atoms with Crippen LogP contribution in [-0.4, -0.2) is 47.3 Å². The predicted octanol–water partition coefficient (Wildman–Crippen LogP) is 1.44. The summed E-state index contributed by atoms with van der Waals surface area (Å²) in [5.74, 6) is 0.354. The Morgan fingerprint density at radius 2 is 2.18 bits per heavy atom. The molecular formula is C13H25NO3. The lowest BCUT2D eigenvalue weighted by molar-refractivity contribution is -0.138. The lowest BCUT2D eigenvalue weighted by Crippen LogP contribution is -2.40. The highest BCUT2D eigenvalue weighted by Gasteiger charge is 2.26. The first-order valence-electron chi connectivity index (χ1n) is 6.58. The SMILES string of the molecule is CC(CO)CN1CCCC(C(C)CC(=O)O)C1. The topological polar surface area (TPSA) is 60.8 Å². The van der Waals surface area contributed by atoms with Crippen LogP contribution < -0.4 is 0 Å². The number of aliphatic hydroxyl groups excluding tert-OH is 1. The Bertz CT molecular complexity index is 245.